The number of aromatic nitrogens is 4. The van der Waals surface area contributed by atoms with Crippen molar-refractivity contribution in [1.82, 2.24) is 24.6 Å². The van der Waals surface area contributed by atoms with Gasteiger partial charge in [0.15, 0.2) is 10.9 Å². The molecule has 0 saturated carbocycles. The van der Waals surface area contributed by atoms with Gasteiger partial charge in [0.2, 0.25) is 5.82 Å². The zero-order chi connectivity index (χ0) is 23.2. The molecule has 0 bridgehead atoms. The first-order valence-electron chi connectivity index (χ1n) is 10.7. The number of rotatable bonds is 10. The maximum atomic E-state index is 13.5. The summed E-state index contributed by atoms with van der Waals surface area (Å²) in [5.74, 6) is 1.27. The predicted octanol–water partition coefficient (Wildman–Crippen LogP) is 5.68. The Bertz CT molecular complexity index is 1180. The number of amides is 1. The molecule has 1 amide bonds. The molecule has 0 spiro atoms. The molecular weight excluding hydrogens is 461 g/mol. The van der Waals surface area contributed by atoms with Crippen LogP contribution in [-0.4, -0.2) is 43.6 Å². The number of hydrogen-bond acceptors (Lipinski definition) is 7. The first-order chi connectivity index (χ1) is 16.1. The molecule has 172 valence electrons. The summed E-state index contributed by atoms with van der Waals surface area (Å²) < 4.78 is 20.8. The Kier molecular flexibility index (Phi) is 7.56. The summed E-state index contributed by atoms with van der Waals surface area (Å²) in [6, 6.07) is 9.71. The minimum Gasteiger partial charge on any atom is -0.461 e. The molecule has 3 aromatic heterocycles. The molecule has 0 N–H and O–H groups in total. The Hall–Kier alpha value is -2.98. The lowest BCUT2D eigenvalue weighted by atomic mass is 10.3. The van der Waals surface area contributed by atoms with E-state index in [2.05, 4.69) is 29.0 Å². The van der Waals surface area contributed by atoms with Crippen molar-refractivity contribution in [1.29, 1.82) is 0 Å². The van der Waals surface area contributed by atoms with Crippen molar-refractivity contribution in [3.8, 4) is 17.3 Å². The van der Waals surface area contributed by atoms with E-state index in [-0.39, 0.29) is 11.7 Å². The SMILES string of the molecule is CCCN(CCC)C(=O)c1csc(CSc2nnc(-c3ccco3)n2-c2ccc(F)cc2)n1. The Morgan fingerprint density at radius 3 is 2.58 bits per heavy atom. The first-order valence-corrected chi connectivity index (χ1v) is 12.6. The van der Waals surface area contributed by atoms with Crippen LogP contribution in [0.1, 0.15) is 42.2 Å². The second kappa shape index (κ2) is 10.8. The van der Waals surface area contributed by atoms with Crippen LogP contribution < -0.4 is 0 Å². The molecule has 0 saturated heterocycles. The van der Waals surface area contributed by atoms with Crippen LogP contribution in [0.2, 0.25) is 0 Å². The van der Waals surface area contributed by atoms with Gasteiger partial charge in [0, 0.05) is 18.5 Å². The third kappa shape index (κ3) is 5.33. The van der Waals surface area contributed by atoms with Crippen LogP contribution in [0.4, 0.5) is 4.39 Å². The van der Waals surface area contributed by atoms with Crippen molar-refractivity contribution in [2.24, 2.45) is 0 Å². The molecule has 10 heteroatoms. The summed E-state index contributed by atoms with van der Waals surface area (Å²) >= 11 is 2.90. The van der Waals surface area contributed by atoms with E-state index in [4.69, 9.17) is 4.42 Å². The molecule has 1 aromatic carbocycles. The maximum Gasteiger partial charge on any atom is 0.273 e. The molecule has 0 radical (unpaired) electrons. The van der Waals surface area contributed by atoms with E-state index in [1.54, 1.807) is 30.5 Å². The molecule has 33 heavy (non-hydrogen) atoms. The Morgan fingerprint density at radius 2 is 1.91 bits per heavy atom. The van der Waals surface area contributed by atoms with Crippen molar-refractivity contribution in [3.05, 3.63) is 64.6 Å². The highest BCUT2D eigenvalue weighted by Crippen LogP contribution is 2.30. The topological polar surface area (TPSA) is 77.0 Å². The van der Waals surface area contributed by atoms with E-state index in [1.165, 1.54) is 35.2 Å². The standard InChI is InChI=1S/C23H24FN5O2S2/c1-3-11-28(12-4-2)22(30)18-14-32-20(25-18)15-33-23-27-26-21(19-6-5-13-31-19)29(23)17-9-7-16(24)8-10-17/h5-10,13-14H,3-4,11-12,15H2,1-2H3. The summed E-state index contributed by atoms with van der Waals surface area (Å²) in [6.07, 6.45) is 3.39. The largest absolute Gasteiger partial charge is 0.461 e. The molecule has 4 rings (SSSR count). The molecule has 0 aliphatic carbocycles. The van der Waals surface area contributed by atoms with Crippen molar-refractivity contribution < 1.29 is 13.6 Å². The van der Waals surface area contributed by atoms with Crippen molar-refractivity contribution in [3.63, 3.8) is 0 Å². The lowest BCUT2D eigenvalue weighted by Gasteiger charge is -2.20. The summed E-state index contributed by atoms with van der Waals surface area (Å²) in [7, 11) is 0. The van der Waals surface area contributed by atoms with Gasteiger partial charge in [0.1, 0.15) is 16.5 Å². The van der Waals surface area contributed by atoms with E-state index in [0.717, 1.165) is 36.6 Å². The number of benzene rings is 1. The highest BCUT2D eigenvalue weighted by molar-refractivity contribution is 7.98. The monoisotopic (exact) mass is 485 g/mol. The lowest BCUT2D eigenvalue weighted by molar-refractivity contribution is 0.0750. The van der Waals surface area contributed by atoms with Gasteiger partial charge in [0.05, 0.1) is 17.7 Å². The highest BCUT2D eigenvalue weighted by Gasteiger charge is 2.20. The summed E-state index contributed by atoms with van der Waals surface area (Å²) in [6.45, 7) is 5.58. The molecule has 4 aromatic rings. The minimum atomic E-state index is -0.319. The normalized spacial score (nSPS) is 11.1. The van der Waals surface area contributed by atoms with Gasteiger partial charge < -0.3 is 9.32 Å². The molecule has 0 fully saturated rings. The summed E-state index contributed by atoms with van der Waals surface area (Å²) in [4.78, 5) is 19.2. The van der Waals surface area contributed by atoms with Crippen LogP contribution in [0.15, 0.2) is 57.6 Å². The van der Waals surface area contributed by atoms with Crippen molar-refractivity contribution in [2.75, 3.05) is 13.1 Å². The third-order valence-corrected chi connectivity index (χ3v) is 6.80. The number of hydrogen-bond donors (Lipinski definition) is 0. The van der Waals surface area contributed by atoms with Gasteiger partial charge in [-0.1, -0.05) is 25.6 Å². The van der Waals surface area contributed by atoms with Crippen molar-refractivity contribution >= 4 is 29.0 Å². The van der Waals surface area contributed by atoms with Crippen molar-refractivity contribution in [2.45, 2.75) is 37.6 Å². The van der Waals surface area contributed by atoms with Crippen LogP contribution in [-0.2, 0) is 5.75 Å². The van der Waals surface area contributed by atoms with E-state index in [9.17, 15) is 9.18 Å². The van der Waals surface area contributed by atoms with E-state index >= 15 is 0 Å². The maximum absolute atomic E-state index is 13.5. The van der Waals surface area contributed by atoms with E-state index in [0.29, 0.717) is 28.2 Å². The molecular formula is C23H24FN5O2S2. The molecule has 0 atom stereocenters. The second-order valence-electron chi connectivity index (χ2n) is 7.30. The van der Waals surface area contributed by atoms with E-state index < -0.39 is 0 Å². The summed E-state index contributed by atoms with van der Waals surface area (Å²) in [5, 5.41) is 11.9. The van der Waals surface area contributed by atoms with Gasteiger partial charge >= 0.3 is 0 Å². The molecule has 0 aliphatic rings. The van der Waals surface area contributed by atoms with Gasteiger partial charge in [0.25, 0.3) is 5.91 Å². The molecule has 0 aliphatic heterocycles. The number of carbonyl (C=O) groups is 1. The average molecular weight is 486 g/mol. The fraction of sp³-hybridized carbons (Fsp3) is 0.304. The van der Waals surface area contributed by atoms with Crippen LogP contribution >= 0.6 is 23.1 Å². The Labute approximate surface area is 199 Å². The van der Waals surface area contributed by atoms with Gasteiger partial charge in [-0.15, -0.1) is 21.5 Å². The third-order valence-electron chi connectivity index (χ3n) is 4.83. The van der Waals surface area contributed by atoms with E-state index in [1.807, 2.05) is 14.8 Å². The fourth-order valence-electron chi connectivity index (χ4n) is 3.37. The number of thiazole rings is 1. The lowest BCUT2D eigenvalue weighted by Crippen LogP contribution is -2.32. The highest BCUT2D eigenvalue weighted by atomic mass is 32.2. The van der Waals surface area contributed by atoms with Gasteiger partial charge in [-0.3, -0.25) is 9.36 Å². The zero-order valence-electron chi connectivity index (χ0n) is 18.4. The predicted molar refractivity (Wildman–Crippen MR) is 127 cm³/mol. The number of thioether (sulfide) groups is 1. The Balaban J connectivity index is 1.55. The quantitative estimate of drug-likeness (QED) is 0.269. The van der Waals surface area contributed by atoms with Crippen LogP contribution in [0.5, 0.6) is 0 Å². The average Bonchev–Trinajstić information content (AvgIpc) is 3.58. The molecule has 7 nitrogen and oxygen atoms in total. The second-order valence-corrected chi connectivity index (χ2v) is 9.19. The number of halogens is 1. The summed E-state index contributed by atoms with van der Waals surface area (Å²) in [5.41, 5.74) is 1.20. The van der Waals surface area contributed by atoms with Crippen LogP contribution in [0.3, 0.4) is 0 Å². The van der Waals surface area contributed by atoms with Gasteiger partial charge in [-0.25, -0.2) is 9.37 Å². The van der Waals surface area contributed by atoms with Crippen LogP contribution in [0, 0.1) is 5.82 Å². The Morgan fingerprint density at radius 1 is 1.15 bits per heavy atom. The zero-order valence-corrected chi connectivity index (χ0v) is 20.0. The minimum absolute atomic E-state index is 0.0271. The number of carbonyl (C=O) groups excluding carboxylic acids is 1. The first kappa shape index (κ1) is 23.2. The molecule has 3 heterocycles. The number of furan rings is 1. The smallest absolute Gasteiger partial charge is 0.273 e. The van der Waals surface area contributed by atoms with Crippen LogP contribution in [0.25, 0.3) is 17.3 Å². The van der Waals surface area contributed by atoms with Gasteiger partial charge in [-0.05, 0) is 49.2 Å². The van der Waals surface area contributed by atoms with Gasteiger partial charge in [-0.2, -0.15) is 0 Å². The number of nitrogens with zero attached hydrogens (tertiary/aromatic N) is 5. The molecule has 0 unspecified atom stereocenters. The fourth-order valence-corrected chi connectivity index (χ4v) is 5.11.